The second kappa shape index (κ2) is 5.97. The molecule has 0 amide bonds. The molecule has 1 rings (SSSR count). The molecule has 0 aromatic rings. The van der Waals surface area contributed by atoms with E-state index in [4.69, 9.17) is 0 Å². The Kier molecular flexibility index (Phi) is 5.23. The molecule has 0 saturated carbocycles. The minimum Gasteiger partial charge on any atom is -0.363 e. The Morgan fingerprint density at radius 1 is 0.933 bits per heavy atom. The summed E-state index contributed by atoms with van der Waals surface area (Å²) in [4.78, 5) is 0. The molecule has 0 bridgehead atoms. The highest BCUT2D eigenvalue weighted by atomic mass is 15.3. The van der Waals surface area contributed by atoms with E-state index in [-0.39, 0.29) is 0 Å². The van der Waals surface area contributed by atoms with Gasteiger partial charge in [0.1, 0.15) is 0 Å². The van der Waals surface area contributed by atoms with Crippen molar-refractivity contribution in [2.45, 2.75) is 40.4 Å². The highest BCUT2D eigenvalue weighted by molar-refractivity contribution is 6.74. The van der Waals surface area contributed by atoms with Gasteiger partial charge in [0.25, 0.3) is 22.1 Å². The molecule has 1 fully saturated rings. The Morgan fingerprint density at radius 3 is 1.67 bits per heavy atom. The zero-order chi connectivity index (χ0) is 11.4. The normalized spacial score (nSPS) is 20.5. The highest BCUT2D eigenvalue weighted by Crippen LogP contribution is 2.18. The molecule has 1 heterocycles. The zero-order valence-corrected chi connectivity index (χ0v) is 11.0. The van der Waals surface area contributed by atoms with Gasteiger partial charge in [-0.05, 0) is 25.5 Å². The summed E-state index contributed by atoms with van der Waals surface area (Å²) in [6.45, 7) is 15.5. The number of hydrogen-bond acceptors (Lipinski definition) is 3. The maximum Gasteiger partial charge on any atom is 0.292 e. The number of hydrogen-bond donors (Lipinski definition) is 0. The lowest BCUT2D eigenvalue weighted by molar-refractivity contribution is 0.475. The summed E-state index contributed by atoms with van der Waals surface area (Å²) >= 11 is 0. The van der Waals surface area contributed by atoms with Crippen LogP contribution in [0.25, 0.3) is 0 Å². The van der Waals surface area contributed by atoms with Crippen LogP contribution in [0.15, 0.2) is 0 Å². The Bertz CT molecular complexity index is 177. The Balaban J connectivity index is 2.73. The minimum atomic E-state index is 0.628. The van der Waals surface area contributed by atoms with Crippen molar-refractivity contribution in [2.75, 3.05) is 19.6 Å². The van der Waals surface area contributed by atoms with Gasteiger partial charge in [-0.15, -0.1) is 0 Å². The molecular formula is C9H24B3N3. The number of nitrogens with zero attached hydrogens (tertiary/aromatic N) is 3. The molecule has 6 heteroatoms. The Hall–Kier alpha value is 0.0748. The van der Waals surface area contributed by atoms with Crippen molar-refractivity contribution in [1.82, 2.24) is 14.2 Å². The van der Waals surface area contributed by atoms with Crippen molar-refractivity contribution in [3.8, 4) is 0 Å². The predicted molar refractivity (Wildman–Crippen MR) is 72.3 cm³/mol. The molecule has 0 spiro atoms. The third-order valence-corrected chi connectivity index (χ3v) is 3.37. The molecule has 0 radical (unpaired) electrons. The fourth-order valence-corrected chi connectivity index (χ4v) is 2.57. The SMILES string of the molecule is CCN1BN(CC)B(C(C)C)N(CC)B1. The van der Waals surface area contributed by atoms with E-state index in [1.165, 1.54) is 0 Å². The van der Waals surface area contributed by atoms with Crippen LogP contribution in [0.4, 0.5) is 0 Å². The molecule has 3 nitrogen and oxygen atoms in total. The molecule has 1 aliphatic rings. The average Bonchev–Trinajstić information content (AvgIpc) is 2.26. The lowest BCUT2D eigenvalue weighted by Gasteiger charge is -2.46. The largest absolute Gasteiger partial charge is 0.363 e. The van der Waals surface area contributed by atoms with Crippen LogP contribution in [-0.2, 0) is 0 Å². The molecule has 0 N–H and O–H groups in total. The van der Waals surface area contributed by atoms with E-state index in [9.17, 15) is 0 Å². The maximum absolute atomic E-state index is 2.58. The molecular weight excluding hydrogens is 183 g/mol. The van der Waals surface area contributed by atoms with Crippen molar-refractivity contribution >= 4 is 22.1 Å². The summed E-state index contributed by atoms with van der Waals surface area (Å²) in [5, 5.41) is 0. The van der Waals surface area contributed by atoms with Gasteiger partial charge in [0.05, 0.1) is 0 Å². The molecule has 15 heavy (non-hydrogen) atoms. The van der Waals surface area contributed by atoms with E-state index in [0.29, 0.717) is 12.8 Å². The zero-order valence-electron chi connectivity index (χ0n) is 11.0. The Labute approximate surface area is 96.9 Å². The van der Waals surface area contributed by atoms with Crippen LogP contribution < -0.4 is 0 Å². The summed E-state index contributed by atoms with van der Waals surface area (Å²) < 4.78 is 7.67. The lowest BCUT2D eigenvalue weighted by Crippen LogP contribution is -2.68. The first-order valence-electron chi connectivity index (χ1n) is 6.34. The summed E-state index contributed by atoms with van der Waals surface area (Å²) in [5.41, 5.74) is 0. The lowest BCUT2D eigenvalue weighted by atomic mass is 9.51. The van der Waals surface area contributed by atoms with Crippen LogP contribution in [-0.4, -0.2) is 55.9 Å². The first kappa shape index (κ1) is 13.1. The van der Waals surface area contributed by atoms with Gasteiger partial charge >= 0.3 is 0 Å². The molecule has 0 unspecified atom stereocenters. The van der Waals surface area contributed by atoms with Crippen LogP contribution in [0.5, 0.6) is 0 Å². The van der Waals surface area contributed by atoms with Gasteiger partial charge in [0, 0.05) is 0 Å². The summed E-state index contributed by atoms with van der Waals surface area (Å²) in [6, 6.07) is 0. The predicted octanol–water partition coefficient (Wildman–Crippen LogP) is 0.397. The Morgan fingerprint density at radius 2 is 1.40 bits per heavy atom. The van der Waals surface area contributed by atoms with Gasteiger partial charge < -0.3 is 14.2 Å². The number of rotatable bonds is 4. The second-order valence-electron chi connectivity index (χ2n) is 4.74. The highest BCUT2D eigenvalue weighted by Gasteiger charge is 2.37. The fraction of sp³-hybridized carbons (Fsp3) is 1.00. The van der Waals surface area contributed by atoms with E-state index in [1.807, 2.05) is 0 Å². The van der Waals surface area contributed by atoms with Crippen LogP contribution in [0.2, 0.25) is 5.82 Å². The van der Waals surface area contributed by atoms with Gasteiger partial charge in [-0.1, -0.05) is 34.6 Å². The molecule has 1 saturated heterocycles. The monoisotopic (exact) mass is 207 g/mol. The van der Waals surface area contributed by atoms with Gasteiger partial charge in [-0.25, -0.2) is 0 Å². The smallest absolute Gasteiger partial charge is 0.292 e. The van der Waals surface area contributed by atoms with Crippen molar-refractivity contribution < 1.29 is 0 Å². The third-order valence-electron chi connectivity index (χ3n) is 3.37. The van der Waals surface area contributed by atoms with Crippen molar-refractivity contribution in [2.24, 2.45) is 0 Å². The molecule has 0 aliphatic carbocycles. The molecule has 0 aromatic heterocycles. The molecule has 0 aromatic carbocycles. The summed E-state index contributed by atoms with van der Waals surface area (Å²) in [6.07, 6.45) is 0. The van der Waals surface area contributed by atoms with E-state index in [0.717, 1.165) is 34.7 Å². The van der Waals surface area contributed by atoms with Crippen LogP contribution in [0, 0.1) is 0 Å². The van der Waals surface area contributed by atoms with E-state index in [2.05, 4.69) is 48.8 Å². The maximum atomic E-state index is 2.58. The van der Waals surface area contributed by atoms with Crippen molar-refractivity contribution in [3.63, 3.8) is 0 Å². The summed E-state index contributed by atoms with van der Waals surface area (Å²) in [7, 11) is 2.26. The minimum absolute atomic E-state index is 0.628. The molecule has 1 aliphatic heterocycles. The van der Waals surface area contributed by atoms with Gasteiger partial charge in [0.15, 0.2) is 0 Å². The van der Waals surface area contributed by atoms with E-state index < -0.39 is 0 Å². The second-order valence-corrected chi connectivity index (χ2v) is 4.74. The van der Waals surface area contributed by atoms with Crippen molar-refractivity contribution in [1.29, 1.82) is 0 Å². The average molecular weight is 207 g/mol. The quantitative estimate of drug-likeness (QED) is 0.617. The van der Waals surface area contributed by atoms with Gasteiger partial charge in [0.2, 0.25) is 0 Å². The van der Waals surface area contributed by atoms with Crippen LogP contribution in [0.1, 0.15) is 34.6 Å². The molecule has 84 valence electrons. The third kappa shape index (κ3) is 3.02. The first-order valence-corrected chi connectivity index (χ1v) is 6.34. The standard InChI is InChI=1S/C9H24B3N3/c1-6-13-10-14(7-2)12(9(4)5)15(8-3)11-13/h9-11H,6-8H2,1-5H3. The summed E-state index contributed by atoms with van der Waals surface area (Å²) in [5.74, 6) is 0.712. The van der Waals surface area contributed by atoms with Gasteiger partial charge in [-0.3, -0.25) is 0 Å². The van der Waals surface area contributed by atoms with E-state index in [1.54, 1.807) is 0 Å². The first-order chi connectivity index (χ1) is 7.13. The van der Waals surface area contributed by atoms with Crippen LogP contribution >= 0.6 is 0 Å². The topological polar surface area (TPSA) is 9.72 Å². The fourth-order valence-electron chi connectivity index (χ4n) is 2.57. The van der Waals surface area contributed by atoms with Crippen molar-refractivity contribution in [3.05, 3.63) is 0 Å². The van der Waals surface area contributed by atoms with Gasteiger partial charge in [-0.2, -0.15) is 0 Å². The molecule has 0 atom stereocenters. The van der Waals surface area contributed by atoms with Crippen LogP contribution in [0.3, 0.4) is 0 Å². The van der Waals surface area contributed by atoms with E-state index >= 15 is 0 Å².